The molecule has 1 aliphatic rings. The predicted octanol–water partition coefficient (Wildman–Crippen LogP) is 3.04. The lowest BCUT2D eigenvalue weighted by molar-refractivity contribution is 0.0633. The highest BCUT2D eigenvalue weighted by Gasteiger charge is 2.24. The summed E-state index contributed by atoms with van der Waals surface area (Å²) in [4.78, 5) is 0. The topological polar surface area (TPSA) is 21.3 Å². The van der Waals surface area contributed by atoms with Gasteiger partial charge in [0.25, 0.3) is 0 Å². The van der Waals surface area contributed by atoms with Crippen molar-refractivity contribution < 1.29 is 13.5 Å². The Morgan fingerprint density at radius 2 is 2.11 bits per heavy atom. The SMILES string of the molecule is CC(C)C1CCOC(c2cc(F)ccc2F)CN1. The van der Waals surface area contributed by atoms with Crippen LogP contribution in [0.1, 0.15) is 31.9 Å². The molecular formula is C14H19F2NO. The molecule has 1 heterocycles. The molecule has 100 valence electrons. The van der Waals surface area contributed by atoms with Crippen LogP contribution >= 0.6 is 0 Å². The smallest absolute Gasteiger partial charge is 0.129 e. The van der Waals surface area contributed by atoms with Crippen molar-refractivity contribution in [1.29, 1.82) is 0 Å². The standard InChI is InChI=1S/C14H19F2NO/c1-9(2)13-5-6-18-14(8-17-13)11-7-10(15)3-4-12(11)16/h3-4,7,9,13-14,17H,5-6,8H2,1-2H3. The average molecular weight is 255 g/mol. The molecule has 0 spiro atoms. The number of benzene rings is 1. The number of nitrogens with one attached hydrogen (secondary N) is 1. The summed E-state index contributed by atoms with van der Waals surface area (Å²) in [7, 11) is 0. The van der Waals surface area contributed by atoms with Gasteiger partial charge in [0.05, 0.1) is 6.10 Å². The van der Waals surface area contributed by atoms with E-state index in [1.807, 2.05) is 0 Å². The van der Waals surface area contributed by atoms with E-state index in [9.17, 15) is 8.78 Å². The maximum absolute atomic E-state index is 13.7. The third-order valence-electron chi connectivity index (χ3n) is 3.42. The van der Waals surface area contributed by atoms with Crippen molar-refractivity contribution in [3.05, 3.63) is 35.4 Å². The lowest BCUT2D eigenvalue weighted by Crippen LogP contribution is -2.34. The van der Waals surface area contributed by atoms with E-state index < -0.39 is 17.7 Å². The molecule has 2 atom stereocenters. The van der Waals surface area contributed by atoms with E-state index in [2.05, 4.69) is 19.2 Å². The Kier molecular flexibility index (Phi) is 4.30. The first kappa shape index (κ1) is 13.4. The van der Waals surface area contributed by atoms with Gasteiger partial charge in [-0.15, -0.1) is 0 Å². The second kappa shape index (κ2) is 5.76. The minimum Gasteiger partial charge on any atom is -0.372 e. The second-order valence-corrected chi connectivity index (χ2v) is 5.07. The fourth-order valence-electron chi connectivity index (χ4n) is 2.29. The Morgan fingerprint density at radius 1 is 1.33 bits per heavy atom. The molecular weight excluding hydrogens is 236 g/mol. The zero-order valence-corrected chi connectivity index (χ0v) is 10.7. The van der Waals surface area contributed by atoms with Gasteiger partial charge in [0.15, 0.2) is 0 Å². The van der Waals surface area contributed by atoms with E-state index in [0.29, 0.717) is 30.7 Å². The van der Waals surface area contributed by atoms with Crippen LogP contribution < -0.4 is 5.32 Å². The van der Waals surface area contributed by atoms with Crippen LogP contribution in [-0.2, 0) is 4.74 Å². The van der Waals surface area contributed by atoms with Crippen molar-refractivity contribution in [3.63, 3.8) is 0 Å². The first-order valence-corrected chi connectivity index (χ1v) is 6.38. The van der Waals surface area contributed by atoms with E-state index >= 15 is 0 Å². The zero-order valence-electron chi connectivity index (χ0n) is 10.7. The van der Waals surface area contributed by atoms with Gasteiger partial charge in [0, 0.05) is 24.8 Å². The number of hydrogen-bond acceptors (Lipinski definition) is 2. The molecule has 0 aromatic heterocycles. The largest absolute Gasteiger partial charge is 0.372 e. The molecule has 0 aliphatic carbocycles. The lowest BCUT2D eigenvalue weighted by Gasteiger charge is -2.20. The quantitative estimate of drug-likeness (QED) is 0.877. The van der Waals surface area contributed by atoms with Gasteiger partial charge >= 0.3 is 0 Å². The van der Waals surface area contributed by atoms with Gasteiger partial charge in [-0.05, 0) is 30.5 Å². The molecule has 0 amide bonds. The van der Waals surface area contributed by atoms with E-state index in [0.717, 1.165) is 18.6 Å². The van der Waals surface area contributed by atoms with Crippen molar-refractivity contribution in [2.75, 3.05) is 13.2 Å². The van der Waals surface area contributed by atoms with Gasteiger partial charge in [-0.1, -0.05) is 13.8 Å². The minimum absolute atomic E-state index is 0.298. The Labute approximate surface area is 106 Å². The van der Waals surface area contributed by atoms with Crippen LogP contribution in [0.4, 0.5) is 8.78 Å². The van der Waals surface area contributed by atoms with Crippen molar-refractivity contribution in [2.45, 2.75) is 32.4 Å². The molecule has 18 heavy (non-hydrogen) atoms. The number of rotatable bonds is 2. The molecule has 1 saturated heterocycles. The number of halogens is 2. The first-order chi connectivity index (χ1) is 8.58. The van der Waals surface area contributed by atoms with Crippen molar-refractivity contribution >= 4 is 0 Å². The summed E-state index contributed by atoms with van der Waals surface area (Å²) >= 11 is 0. The van der Waals surface area contributed by atoms with E-state index in [-0.39, 0.29) is 0 Å². The molecule has 0 saturated carbocycles. The maximum Gasteiger partial charge on any atom is 0.129 e. The molecule has 1 fully saturated rings. The monoisotopic (exact) mass is 255 g/mol. The second-order valence-electron chi connectivity index (χ2n) is 5.07. The number of ether oxygens (including phenoxy) is 1. The van der Waals surface area contributed by atoms with Crippen LogP contribution in [0, 0.1) is 17.6 Å². The van der Waals surface area contributed by atoms with Gasteiger partial charge in [0.2, 0.25) is 0 Å². The highest BCUT2D eigenvalue weighted by molar-refractivity contribution is 5.21. The van der Waals surface area contributed by atoms with Gasteiger partial charge < -0.3 is 10.1 Å². The first-order valence-electron chi connectivity index (χ1n) is 6.38. The molecule has 1 N–H and O–H groups in total. The average Bonchev–Trinajstić information content (AvgIpc) is 2.58. The molecule has 1 aromatic carbocycles. The van der Waals surface area contributed by atoms with Crippen LogP contribution in [0.25, 0.3) is 0 Å². The Morgan fingerprint density at radius 3 is 2.83 bits per heavy atom. The van der Waals surface area contributed by atoms with Crippen molar-refractivity contribution in [2.24, 2.45) is 5.92 Å². The molecule has 4 heteroatoms. The Balaban J connectivity index is 2.12. The summed E-state index contributed by atoms with van der Waals surface area (Å²) in [5, 5.41) is 3.36. The highest BCUT2D eigenvalue weighted by atomic mass is 19.1. The third kappa shape index (κ3) is 3.06. The summed E-state index contributed by atoms with van der Waals surface area (Å²) in [6, 6.07) is 3.86. The third-order valence-corrected chi connectivity index (χ3v) is 3.42. The fourth-order valence-corrected chi connectivity index (χ4v) is 2.29. The summed E-state index contributed by atoms with van der Waals surface area (Å²) in [5.74, 6) is -0.337. The molecule has 2 rings (SSSR count). The van der Waals surface area contributed by atoms with Crippen LogP contribution in [0.2, 0.25) is 0 Å². The van der Waals surface area contributed by atoms with Crippen LogP contribution in [0.5, 0.6) is 0 Å². The van der Waals surface area contributed by atoms with E-state index in [1.165, 1.54) is 6.07 Å². The zero-order chi connectivity index (χ0) is 13.1. The van der Waals surface area contributed by atoms with E-state index in [1.54, 1.807) is 0 Å². The van der Waals surface area contributed by atoms with Crippen molar-refractivity contribution in [3.8, 4) is 0 Å². The van der Waals surface area contributed by atoms with Gasteiger partial charge in [-0.3, -0.25) is 0 Å². The van der Waals surface area contributed by atoms with Gasteiger partial charge in [-0.25, -0.2) is 8.78 Å². The number of hydrogen-bond donors (Lipinski definition) is 1. The summed E-state index contributed by atoms with van der Waals surface area (Å²) in [5.41, 5.74) is 0.298. The predicted molar refractivity (Wildman–Crippen MR) is 66.3 cm³/mol. The Bertz CT molecular complexity index is 409. The van der Waals surface area contributed by atoms with Crippen molar-refractivity contribution in [1.82, 2.24) is 5.32 Å². The maximum atomic E-state index is 13.7. The molecule has 1 aliphatic heterocycles. The Hall–Kier alpha value is -1.00. The van der Waals surface area contributed by atoms with Crippen LogP contribution in [0.15, 0.2) is 18.2 Å². The lowest BCUT2D eigenvalue weighted by atomic mass is 10.0. The molecule has 1 aromatic rings. The summed E-state index contributed by atoms with van der Waals surface area (Å²) in [6.07, 6.45) is 0.481. The normalized spacial score (nSPS) is 25.2. The summed E-state index contributed by atoms with van der Waals surface area (Å²) in [6.45, 7) is 5.36. The van der Waals surface area contributed by atoms with Gasteiger partial charge in [-0.2, -0.15) is 0 Å². The van der Waals surface area contributed by atoms with Gasteiger partial charge in [0.1, 0.15) is 11.6 Å². The van der Waals surface area contributed by atoms with Crippen LogP contribution in [0.3, 0.4) is 0 Å². The van der Waals surface area contributed by atoms with E-state index in [4.69, 9.17) is 4.74 Å². The molecule has 0 bridgehead atoms. The fraction of sp³-hybridized carbons (Fsp3) is 0.571. The highest BCUT2D eigenvalue weighted by Crippen LogP contribution is 2.24. The molecule has 2 unspecified atom stereocenters. The molecule has 2 nitrogen and oxygen atoms in total. The summed E-state index contributed by atoms with van der Waals surface area (Å²) < 4.78 is 32.5. The minimum atomic E-state index is -0.431. The molecule has 0 radical (unpaired) electrons. The van der Waals surface area contributed by atoms with Crippen LogP contribution in [-0.4, -0.2) is 19.2 Å².